The summed E-state index contributed by atoms with van der Waals surface area (Å²) < 4.78 is 11.3. The van der Waals surface area contributed by atoms with Crippen molar-refractivity contribution in [3.05, 3.63) is 36.4 Å². The second kappa shape index (κ2) is 8.12. The second-order valence-electron chi connectivity index (χ2n) is 4.37. The molecule has 1 aliphatic rings. The molecule has 0 saturated carbocycles. The van der Waals surface area contributed by atoms with Gasteiger partial charge in [-0.1, -0.05) is 12.1 Å². The topological polar surface area (TPSA) is 30.5 Å². The molecule has 1 aromatic carbocycles. The van der Waals surface area contributed by atoms with Gasteiger partial charge in [0.1, 0.15) is 0 Å². The molecule has 104 valence electrons. The molecule has 0 amide bonds. The monoisotopic (exact) mass is 279 g/mol. The van der Waals surface area contributed by atoms with E-state index in [1.165, 1.54) is 5.56 Å². The number of thioether (sulfide) groups is 1. The van der Waals surface area contributed by atoms with Crippen LogP contribution in [0.5, 0.6) is 11.5 Å². The quantitative estimate of drug-likeness (QED) is 0.614. The maximum absolute atomic E-state index is 5.68. The van der Waals surface area contributed by atoms with E-state index < -0.39 is 0 Å². The molecule has 0 bridgehead atoms. The van der Waals surface area contributed by atoms with E-state index >= 15 is 0 Å². The zero-order valence-corrected chi connectivity index (χ0v) is 12.0. The summed E-state index contributed by atoms with van der Waals surface area (Å²) in [5, 5.41) is 3.43. The highest BCUT2D eigenvalue weighted by Crippen LogP contribution is 2.30. The van der Waals surface area contributed by atoms with Gasteiger partial charge < -0.3 is 14.8 Å². The molecule has 3 nitrogen and oxygen atoms in total. The van der Waals surface area contributed by atoms with Crippen molar-refractivity contribution in [2.24, 2.45) is 0 Å². The van der Waals surface area contributed by atoms with Gasteiger partial charge in [-0.05, 0) is 17.7 Å². The summed E-state index contributed by atoms with van der Waals surface area (Å²) in [5.41, 5.74) is 1.23. The fourth-order valence-electron chi connectivity index (χ4n) is 1.86. The van der Waals surface area contributed by atoms with Crippen LogP contribution in [-0.2, 0) is 6.54 Å². The molecule has 0 aromatic heterocycles. The van der Waals surface area contributed by atoms with Gasteiger partial charge in [0.15, 0.2) is 11.5 Å². The molecule has 19 heavy (non-hydrogen) atoms. The number of rotatable bonds is 7. The second-order valence-corrected chi connectivity index (χ2v) is 5.52. The Hall–Kier alpha value is -1.13. The summed E-state index contributed by atoms with van der Waals surface area (Å²) in [6.45, 7) is 7.06. The molecule has 4 heteroatoms. The van der Waals surface area contributed by atoms with Gasteiger partial charge in [0.25, 0.3) is 0 Å². The third kappa shape index (κ3) is 4.80. The van der Waals surface area contributed by atoms with Gasteiger partial charge in [-0.3, -0.25) is 0 Å². The summed E-state index contributed by atoms with van der Waals surface area (Å²) >= 11 is 1.89. The predicted octanol–water partition coefficient (Wildman–Crippen LogP) is 2.86. The normalized spacial score (nSPS) is 13.9. The summed E-state index contributed by atoms with van der Waals surface area (Å²) in [4.78, 5) is 0. The molecule has 0 radical (unpaired) electrons. The van der Waals surface area contributed by atoms with Crippen molar-refractivity contribution in [2.75, 3.05) is 31.3 Å². The Morgan fingerprint density at radius 3 is 2.95 bits per heavy atom. The molecule has 0 atom stereocenters. The van der Waals surface area contributed by atoms with E-state index in [0.29, 0.717) is 0 Å². The molecule has 2 rings (SSSR count). The lowest BCUT2D eigenvalue weighted by Gasteiger charge is -2.10. The Bertz CT molecular complexity index is 409. The van der Waals surface area contributed by atoms with E-state index in [1.54, 1.807) is 0 Å². The number of benzene rings is 1. The number of fused-ring (bicyclic) bond motifs is 1. The van der Waals surface area contributed by atoms with E-state index in [-0.39, 0.29) is 0 Å². The van der Waals surface area contributed by atoms with Crippen LogP contribution in [0.15, 0.2) is 30.9 Å². The van der Waals surface area contributed by atoms with Crippen LogP contribution in [0.25, 0.3) is 0 Å². The van der Waals surface area contributed by atoms with E-state index in [0.717, 1.165) is 55.7 Å². The predicted molar refractivity (Wildman–Crippen MR) is 81.3 cm³/mol. The number of hydrogen-bond acceptors (Lipinski definition) is 4. The highest BCUT2D eigenvalue weighted by Gasteiger charge is 2.10. The fourth-order valence-corrected chi connectivity index (χ4v) is 2.48. The van der Waals surface area contributed by atoms with Crippen LogP contribution in [0.4, 0.5) is 0 Å². The molecule has 0 saturated heterocycles. The SMILES string of the molecule is C=CCSCCNCc1ccc2c(c1)OCCCO2. The van der Waals surface area contributed by atoms with Crippen LogP contribution < -0.4 is 14.8 Å². The Kier molecular flexibility index (Phi) is 6.11. The van der Waals surface area contributed by atoms with Gasteiger partial charge in [-0.15, -0.1) is 6.58 Å². The smallest absolute Gasteiger partial charge is 0.161 e. The van der Waals surface area contributed by atoms with Crippen LogP contribution in [0.3, 0.4) is 0 Å². The summed E-state index contributed by atoms with van der Waals surface area (Å²) in [6.07, 6.45) is 2.89. The molecule has 1 heterocycles. The molecule has 1 aliphatic heterocycles. The summed E-state index contributed by atoms with van der Waals surface area (Å²) in [6, 6.07) is 6.17. The van der Waals surface area contributed by atoms with E-state index in [2.05, 4.69) is 24.0 Å². The maximum atomic E-state index is 5.68. The standard InChI is InChI=1S/C15H21NO2S/c1-2-9-19-10-6-16-12-13-4-5-14-15(11-13)18-8-3-7-17-14/h2,4-5,11,16H,1,3,6-10,12H2. The summed E-state index contributed by atoms with van der Waals surface area (Å²) in [7, 11) is 0. The van der Waals surface area contributed by atoms with Crippen molar-refractivity contribution >= 4 is 11.8 Å². The van der Waals surface area contributed by atoms with Gasteiger partial charge in [-0.25, -0.2) is 0 Å². The summed E-state index contributed by atoms with van der Waals surface area (Å²) in [5.74, 6) is 3.86. The lowest BCUT2D eigenvalue weighted by Crippen LogP contribution is -2.16. The number of ether oxygens (including phenoxy) is 2. The van der Waals surface area contributed by atoms with E-state index in [4.69, 9.17) is 9.47 Å². The van der Waals surface area contributed by atoms with Crippen LogP contribution in [-0.4, -0.2) is 31.3 Å². The van der Waals surface area contributed by atoms with Crippen molar-refractivity contribution in [3.8, 4) is 11.5 Å². The van der Waals surface area contributed by atoms with Gasteiger partial charge in [0.05, 0.1) is 13.2 Å². The first kappa shape index (κ1) is 14.3. The third-order valence-corrected chi connectivity index (χ3v) is 3.76. The van der Waals surface area contributed by atoms with Crippen molar-refractivity contribution in [3.63, 3.8) is 0 Å². The Labute approximate surface area is 119 Å². The first-order valence-corrected chi connectivity index (χ1v) is 7.83. The van der Waals surface area contributed by atoms with Crippen molar-refractivity contribution in [1.82, 2.24) is 5.32 Å². The van der Waals surface area contributed by atoms with Crippen molar-refractivity contribution < 1.29 is 9.47 Å². The Morgan fingerprint density at radius 2 is 2.11 bits per heavy atom. The van der Waals surface area contributed by atoms with Gasteiger partial charge in [0, 0.05) is 31.0 Å². The Morgan fingerprint density at radius 1 is 1.26 bits per heavy atom. The molecular weight excluding hydrogens is 258 g/mol. The molecule has 0 spiro atoms. The lowest BCUT2D eigenvalue weighted by atomic mass is 10.2. The molecular formula is C15H21NO2S. The lowest BCUT2D eigenvalue weighted by molar-refractivity contribution is 0.297. The average molecular weight is 279 g/mol. The zero-order valence-electron chi connectivity index (χ0n) is 11.2. The van der Waals surface area contributed by atoms with Crippen molar-refractivity contribution in [2.45, 2.75) is 13.0 Å². The highest BCUT2D eigenvalue weighted by atomic mass is 32.2. The minimum Gasteiger partial charge on any atom is -0.490 e. The minimum absolute atomic E-state index is 0.738. The van der Waals surface area contributed by atoms with Gasteiger partial charge in [-0.2, -0.15) is 11.8 Å². The Balaban J connectivity index is 1.78. The first-order chi connectivity index (χ1) is 9.40. The first-order valence-electron chi connectivity index (χ1n) is 6.68. The van der Waals surface area contributed by atoms with Crippen LogP contribution in [0.1, 0.15) is 12.0 Å². The van der Waals surface area contributed by atoms with Gasteiger partial charge in [0.2, 0.25) is 0 Å². The van der Waals surface area contributed by atoms with Crippen LogP contribution >= 0.6 is 11.8 Å². The molecule has 1 N–H and O–H groups in total. The van der Waals surface area contributed by atoms with E-state index in [1.807, 2.05) is 23.9 Å². The van der Waals surface area contributed by atoms with E-state index in [9.17, 15) is 0 Å². The number of hydrogen-bond donors (Lipinski definition) is 1. The highest BCUT2D eigenvalue weighted by molar-refractivity contribution is 7.99. The molecule has 0 aliphatic carbocycles. The molecule has 0 fully saturated rings. The third-order valence-electron chi connectivity index (χ3n) is 2.80. The van der Waals surface area contributed by atoms with Crippen molar-refractivity contribution in [1.29, 1.82) is 0 Å². The van der Waals surface area contributed by atoms with Gasteiger partial charge >= 0.3 is 0 Å². The average Bonchev–Trinajstić information content (AvgIpc) is 2.67. The minimum atomic E-state index is 0.738. The molecule has 1 aromatic rings. The van der Waals surface area contributed by atoms with Crippen LogP contribution in [0, 0.1) is 0 Å². The van der Waals surface area contributed by atoms with Crippen LogP contribution in [0.2, 0.25) is 0 Å². The largest absolute Gasteiger partial charge is 0.490 e. The molecule has 0 unspecified atom stereocenters. The zero-order chi connectivity index (χ0) is 13.3. The number of nitrogens with one attached hydrogen (secondary N) is 1. The maximum Gasteiger partial charge on any atom is 0.161 e. The fraction of sp³-hybridized carbons (Fsp3) is 0.467.